The zero-order chi connectivity index (χ0) is 21.6. The average molecular weight is 431 g/mol. The molecule has 0 amide bonds. The third-order valence-electron chi connectivity index (χ3n) is 4.34. The van der Waals surface area contributed by atoms with Crippen molar-refractivity contribution in [3.63, 3.8) is 0 Å². The van der Waals surface area contributed by atoms with Crippen LogP contribution in [-0.2, 0) is 28.7 Å². The van der Waals surface area contributed by atoms with Crippen LogP contribution in [0.3, 0.4) is 0 Å². The Balaban J connectivity index is 1.60. The molecule has 0 saturated heterocycles. The summed E-state index contributed by atoms with van der Waals surface area (Å²) in [5.41, 5.74) is 3.07. The van der Waals surface area contributed by atoms with E-state index in [1.807, 2.05) is 24.3 Å². The second-order valence-electron chi connectivity index (χ2n) is 6.77. The van der Waals surface area contributed by atoms with E-state index in [1.165, 1.54) is 24.5 Å². The van der Waals surface area contributed by atoms with Crippen LogP contribution in [0.2, 0.25) is 0 Å². The molecule has 1 aromatic heterocycles. The van der Waals surface area contributed by atoms with Crippen molar-refractivity contribution in [3.05, 3.63) is 77.6 Å². The number of nitrogens with one attached hydrogen (secondary N) is 2. The minimum atomic E-state index is -3.23. The summed E-state index contributed by atoms with van der Waals surface area (Å²) in [5, 5.41) is 10.4. The number of guanidine groups is 1. The standard InChI is InChI=1S/C20H23FN6O2S/c1-22-20(24-10-15-3-7-19(8-4-15)27-14-23-13-26-27)25-11-17-9-18(21)6-5-16(17)12-30(2,28)29/h3-9,13-14H,10-12H2,1-2H3,(H2,22,24,25). The Morgan fingerprint density at radius 2 is 1.83 bits per heavy atom. The third-order valence-corrected chi connectivity index (χ3v) is 5.17. The summed E-state index contributed by atoms with van der Waals surface area (Å²) in [6, 6.07) is 11.9. The molecule has 0 unspecified atom stereocenters. The summed E-state index contributed by atoms with van der Waals surface area (Å²) in [7, 11) is -1.60. The molecule has 10 heteroatoms. The largest absolute Gasteiger partial charge is 0.352 e. The molecule has 0 aliphatic rings. The second kappa shape index (κ2) is 9.49. The minimum absolute atomic E-state index is 0.144. The van der Waals surface area contributed by atoms with Gasteiger partial charge in [0.25, 0.3) is 0 Å². The van der Waals surface area contributed by atoms with E-state index in [4.69, 9.17) is 0 Å². The lowest BCUT2D eigenvalue weighted by Gasteiger charge is -2.14. The highest BCUT2D eigenvalue weighted by Gasteiger charge is 2.11. The maximum absolute atomic E-state index is 13.7. The van der Waals surface area contributed by atoms with E-state index in [2.05, 4.69) is 25.7 Å². The zero-order valence-corrected chi connectivity index (χ0v) is 17.5. The van der Waals surface area contributed by atoms with Crippen LogP contribution < -0.4 is 10.6 Å². The predicted octanol–water partition coefficient (Wildman–Crippen LogP) is 1.82. The van der Waals surface area contributed by atoms with Gasteiger partial charge in [0.05, 0.1) is 11.4 Å². The van der Waals surface area contributed by atoms with Crippen molar-refractivity contribution >= 4 is 15.8 Å². The predicted molar refractivity (Wildman–Crippen MR) is 113 cm³/mol. The molecule has 0 atom stereocenters. The van der Waals surface area contributed by atoms with Crippen LogP contribution in [0.5, 0.6) is 0 Å². The molecule has 0 saturated carbocycles. The van der Waals surface area contributed by atoms with Crippen LogP contribution in [-0.4, -0.2) is 42.4 Å². The van der Waals surface area contributed by atoms with Crippen LogP contribution in [0.15, 0.2) is 60.1 Å². The number of aromatic nitrogens is 3. The summed E-state index contributed by atoms with van der Waals surface area (Å²) in [6.07, 6.45) is 4.26. The molecule has 3 aromatic rings. The van der Waals surface area contributed by atoms with Crippen LogP contribution >= 0.6 is 0 Å². The van der Waals surface area contributed by atoms with E-state index < -0.39 is 15.7 Å². The third kappa shape index (κ3) is 6.11. The van der Waals surface area contributed by atoms with Crippen molar-refractivity contribution in [2.24, 2.45) is 4.99 Å². The van der Waals surface area contributed by atoms with Gasteiger partial charge in [0.15, 0.2) is 15.8 Å². The van der Waals surface area contributed by atoms with Crippen molar-refractivity contribution in [3.8, 4) is 5.69 Å². The summed E-state index contributed by atoms with van der Waals surface area (Å²) in [4.78, 5) is 8.09. The van der Waals surface area contributed by atoms with Crippen LogP contribution in [0.4, 0.5) is 4.39 Å². The maximum atomic E-state index is 13.7. The van der Waals surface area contributed by atoms with Crippen LogP contribution in [0.25, 0.3) is 5.69 Å². The molecule has 8 nitrogen and oxygen atoms in total. The lowest BCUT2D eigenvalue weighted by atomic mass is 10.1. The number of sulfone groups is 1. The number of nitrogens with zero attached hydrogens (tertiary/aromatic N) is 4. The van der Waals surface area contributed by atoms with E-state index >= 15 is 0 Å². The van der Waals surface area contributed by atoms with Crippen molar-refractivity contribution in [2.75, 3.05) is 13.3 Å². The van der Waals surface area contributed by atoms with Gasteiger partial charge in [0.1, 0.15) is 18.5 Å². The SMILES string of the molecule is CN=C(NCc1ccc(-n2cncn2)cc1)NCc1cc(F)ccc1CS(C)(=O)=O. The number of rotatable bonds is 7. The minimum Gasteiger partial charge on any atom is -0.352 e. The average Bonchev–Trinajstić information content (AvgIpc) is 3.24. The number of benzene rings is 2. The van der Waals surface area contributed by atoms with Gasteiger partial charge in [0.2, 0.25) is 0 Å². The van der Waals surface area contributed by atoms with Crippen molar-refractivity contribution in [1.82, 2.24) is 25.4 Å². The monoisotopic (exact) mass is 430 g/mol. The molecule has 2 N–H and O–H groups in total. The summed E-state index contributed by atoms with van der Waals surface area (Å²) >= 11 is 0. The quantitative estimate of drug-likeness (QED) is 0.438. The van der Waals surface area contributed by atoms with E-state index in [0.717, 1.165) is 17.5 Å². The first kappa shape index (κ1) is 21.4. The van der Waals surface area contributed by atoms with Gasteiger partial charge in [-0.1, -0.05) is 18.2 Å². The fraction of sp³-hybridized carbons (Fsp3) is 0.250. The fourth-order valence-corrected chi connectivity index (χ4v) is 3.72. The number of aliphatic imine (C=N–C) groups is 1. The maximum Gasteiger partial charge on any atom is 0.191 e. The van der Waals surface area contributed by atoms with Gasteiger partial charge in [-0.3, -0.25) is 4.99 Å². The van der Waals surface area contributed by atoms with Gasteiger partial charge >= 0.3 is 0 Å². The lowest BCUT2D eigenvalue weighted by molar-refractivity contribution is 0.599. The summed E-state index contributed by atoms with van der Waals surface area (Å²) in [6.45, 7) is 0.768. The van der Waals surface area contributed by atoms with E-state index in [1.54, 1.807) is 18.1 Å². The van der Waals surface area contributed by atoms with Gasteiger partial charge in [-0.05, 0) is 41.0 Å². The molecule has 0 fully saturated rings. The molecule has 0 spiro atoms. The second-order valence-corrected chi connectivity index (χ2v) is 8.91. The molecule has 0 aliphatic heterocycles. The number of hydrogen-bond acceptors (Lipinski definition) is 5. The van der Waals surface area contributed by atoms with Gasteiger partial charge in [-0.15, -0.1) is 0 Å². The Morgan fingerprint density at radius 3 is 2.47 bits per heavy atom. The van der Waals surface area contributed by atoms with Crippen molar-refractivity contribution in [2.45, 2.75) is 18.8 Å². The molecule has 158 valence electrons. The smallest absolute Gasteiger partial charge is 0.191 e. The first-order valence-electron chi connectivity index (χ1n) is 9.17. The van der Waals surface area contributed by atoms with Gasteiger partial charge < -0.3 is 10.6 Å². The Labute approximate surface area is 174 Å². The first-order valence-corrected chi connectivity index (χ1v) is 11.2. The van der Waals surface area contributed by atoms with Gasteiger partial charge in [-0.2, -0.15) is 5.10 Å². The van der Waals surface area contributed by atoms with Gasteiger partial charge in [-0.25, -0.2) is 22.5 Å². The molecule has 0 radical (unpaired) electrons. The molecule has 2 aromatic carbocycles. The van der Waals surface area contributed by atoms with Crippen LogP contribution in [0.1, 0.15) is 16.7 Å². The molecule has 30 heavy (non-hydrogen) atoms. The van der Waals surface area contributed by atoms with Gasteiger partial charge in [0, 0.05) is 26.4 Å². The molecular weight excluding hydrogens is 407 g/mol. The number of halogens is 1. The number of hydrogen-bond donors (Lipinski definition) is 2. The normalized spacial score (nSPS) is 12.0. The zero-order valence-electron chi connectivity index (χ0n) is 16.7. The van der Waals surface area contributed by atoms with Crippen molar-refractivity contribution in [1.29, 1.82) is 0 Å². The van der Waals surface area contributed by atoms with Crippen molar-refractivity contribution < 1.29 is 12.8 Å². The molecule has 3 rings (SSSR count). The Morgan fingerprint density at radius 1 is 1.10 bits per heavy atom. The lowest BCUT2D eigenvalue weighted by Crippen LogP contribution is -2.36. The van der Waals surface area contributed by atoms with Crippen LogP contribution in [0, 0.1) is 5.82 Å². The Hall–Kier alpha value is -3.27. The Kier molecular flexibility index (Phi) is 6.78. The molecule has 1 heterocycles. The molecule has 0 aliphatic carbocycles. The fourth-order valence-electron chi connectivity index (χ4n) is 2.88. The van der Waals surface area contributed by atoms with E-state index in [9.17, 15) is 12.8 Å². The first-order chi connectivity index (χ1) is 14.3. The molecular formula is C20H23FN6O2S. The van der Waals surface area contributed by atoms with E-state index in [0.29, 0.717) is 23.6 Å². The van der Waals surface area contributed by atoms with E-state index in [-0.39, 0.29) is 12.3 Å². The summed E-state index contributed by atoms with van der Waals surface area (Å²) < 4.78 is 38.6. The highest BCUT2D eigenvalue weighted by Crippen LogP contribution is 2.14. The molecule has 0 bridgehead atoms. The Bertz CT molecular complexity index is 1110. The highest BCUT2D eigenvalue weighted by atomic mass is 32.2. The summed E-state index contributed by atoms with van der Waals surface area (Å²) in [5.74, 6) is -0.0431. The highest BCUT2D eigenvalue weighted by molar-refractivity contribution is 7.89. The topological polar surface area (TPSA) is 101 Å².